The van der Waals surface area contributed by atoms with Crippen LogP contribution in [0.4, 0.5) is 0 Å². The van der Waals surface area contributed by atoms with E-state index in [2.05, 4.69) is 10.1 Å². The lowest BCUT2D eigenvalue weighted by Crippen LogP contribution is -2.14. The molecule has 0 aliphatic carbocycles. The van der Waals surface area contributed by atoms with E-state index in [1.165, 1.54) is 6.20 Å². The number of nitrogens with one attached hydrogen (secondary N) is 1. The number of rotatable bonds is 3. The normalized spacial score (nSPS) is 10.3. The minimum atomic E-state index is -0.589. The van der Waals surface area contributed by atoms with Crippen LogP contribution in [0.3, 0.4) is 0 Å². The fourth-order valence-electron chi connectivity index (χ4n) is 1.43. The van der Waals surface area contributed by atoms with E-state index < -0.39 is 11.5 Å². The second-order valence-corrected chi connectivity index (χ2v) is 3.74. The van der Waals surface area contributed by atoms with Crippen molar-refractivity contribution in [1.82, 2.24) is 14.8 Å². The molecule has 7 heteroatoms. The second-order valence-electron chi connectivity index (χ2n) is 3.38. The molecule has 6 nitrogen and oxygen atoms in total. The molecule has 18 heavy (non-hydrogen) atoms. The summed E-state index contributed by atoms with van der Waals surface area (Å²) in [6.07, 6.45) is 1.51. The summed E-state index contributed by atoms with van der Waals surface area (Å²) >= 11 is 5.87. The lowest BCUT2D eigenvalue weighted by Gasteiger charge is -2.03. The Morgan fingerprint density at radius 3 is 3.06 bits per heavy atom. The van der Waals surface area contributed by atoms with Crippen LogP contribution < -0.4 is 5.56 Å². The van der Waals surface area contributed by atoms with Crippen molar-refractivity contribution >= 4 is 17.6 Å². The molecule has 0 radical (unpaired) electrons. The number of aromatic amines is 1. The summed E-state index contributed by atoms with van der Waals surface area (Å²) in [5.41, 5.74) is 0.0365. The molecule has 0 aromatic carbocycles. The highest BCUT2D eigenvalue weighted by atomic mass is 35.5. The van der Waals surface area contributed by atoms with E-state index in [1.54, 1.807) is 19.1 Å². The largest absolute Gasteiger partial charge is 0.461 e. The van der Waals surface area contributed by atoms with Gasteiger partial charge in [0.15, 0.2) is 5.15 Å². The van der Waals surface area contributed by atoms with Crippen molar-refractivity contribution in [2.75, 3.05) is 6.61 Å². The average Bonchev–Trinajstić information content (AvgIpc) is 2.72. The zero-order valence-corrected chi connectivity index (χ0v) is 10.3. The highest BCUT2D eigenvalue weighted by Crippen LogP contribution is 2.14. The van der Waals surface area contributed by atoms with Crippen LogP contribution in [0.1, 0.15) is 17.4 Å². The van der Waals surface area contributed by atoms with Gasteiger partial charge in [0.2, 0.25) is 0 Å². The SMILES string of the molecule is CCOC(=O)c1cc(=O)n(-c2cccnc2Cl)[nH]1. The number of halogens is 1. The Hall–Kier alpha value is -2.08. The fourth-order valence-corrected chi connectivity index (χ4v) is 1.64. The molecule has 0 saturated heterocycles. The maximum Gasteiger partial charge on any atom is 0.356 e. The van der Waals surface area contributed by atoms with Gasteiger partial charge < -0.3 is 4.74 Å². The molecule has 0 amide bonds. The van der Waals surface area contributed by atoms with E-state index in [9.17, 15) is 9.59 Å². The first-order valence-corrected chi connectivity index (χ1v) is 5.61. The number of H-pyrrole nitrogens is 1. The molecule has 94 valence electrons. The van der Waals surface area contributed by atoms with Crippen LogP contribution in [0, 0.1) is 0 Å². The first-order valence-electron chi connectivity index (χ1n) is 5.23. The quantitative estimate of drug-likeness (QED) is 0.673. The molecule has 1 N–H and O–H groups in total. The van der Waals surface area contributed by atoms with Gasteiger partial charge in [0, 0.05) is 12.3 Å². The maximum absolute atomic E-state index is 11.7. The number of nitrogens with zero attached hydrogens (tertiary/aromatic N) is 2. The van der Waals surface area contributed by atoms with E-state index >= 15 is 0 Å². The molecular weight excluding hydrogens is 258 g/mol. The molecule has 0 unspecified atom stereocenters. The average molecular weight is 268 g/mol. The molecule has 0 atom stereocenters. The van der Waals surface area contributed by atoms with Crippen LogP contribution in [0.2, 0.25) is 5.15 Å². The Balaban J connectivity index is 2.45. The van der Waals surface area contributed by atoms with Crippen LogP contribution in [0.15, 0.2) is 29.2 Å². The molecule has 0 saturated carbocycles. The molecule has 0 fully saturated rings. The third kappa shape index (κ3) is 2.28. The number of aromatic nitrogens is 3. The molecule has 2 rings (SSSR count). The summed E-state index contributed by atoms with van der Waals surface area (Å²) in [5.74, 6) is -0.589. The predicted octanol–water partition coefficient (Wildman–Crippen LogP) is 1.39. The summed E-state index contributed by atoms with van der Waals surface area (Å²) in [5, 5.41) is 2.79. The molecule has 0 aliphatic rings. The molecular formula is C11H10ClN3O3. The van der Waals surface area contributed by atoms with Crippen LogP contribution >= 0.6 is 11.6 Å². The first-order chi connectivity index (χ1) is 8.63. The van der Waals surface area contributed by atoms with E-state index in [0.29, 0.717) is 5.69 Å². The topological polar surface area (TPSA) is 77.0 Å². The van der Waals surface area contributed by atoms with Gasteiger partial charge in [0.1, 0.15) is 11.4 Å². The smallest absolute Gasteiger partial charge is 0.356 e. The highest BCUT2D eigenvalue weighted by molar-refractivity contribution is 6.31. The summed E-state index contributed by atoms with van der Waals surface area (Å²) in [7, 11) is 0. The van der Waals surface area contributed by atoms with Crippen molar-refractivity contribution in [2.24, 2.45) is 0 Å². The van der Waals surface area contributed by atoms with Crippen LogP contribution in [0.5, 0.6) is 0 Å². The minimum absolute atomic E-state index is 0.0711. The van der Waals surface area contributed by atoms with Crippen molar-refractivity contribution in [3.05, 3.63) is 45.6 Å². The predicted molar refractivity (Wildman–Crippen MR) is 65.2 cm³/mol. The van der Waals surface area contributed by atoms with E-state index in [1.807, 2.05) is 0 Å². The molecule has 2 aromatic rings. The Labute approximate surface area is 107 Å². The summed E-state index contributed by atoms with van der Waals surface area (Å²) < 4.78 is 5.93. The molecule has 0 spiro atoms. The summed E-state index contributed by atoms with van der Waals surface area (Å²) in [4.78, 5) is 27.1. The van der Waals surface area contributed by atoms with Crippen molar-refractivity contribution < 1.29 is 9.53 Å². The lowest BCUT2D eigenvalue weighted by atomic mass is 10.4. The third-order valence-electron chi connectivity index (χ3n) is 2.20. The van der Waals surface area contributed by atoms with Crippen molar-refractivity contribution in [3.63, 3.8) is 0 Å². The van der Waals surface area contributed by atoms with Crippen molar-refractivity contribution in [3.8, 4) is 5.69 Å². The van der Waals surface area contributed by atoms with E-state index in [-0.39, 0.29) is 17.5 Å². The van der Waals surface area contributed by atoms with Crippen molar-refractivity contribution in [1.29, 1.82) is 0 Å². The molecule has 2 heterocycles. The van der Waals surface area contributed by atoms with Gasteiger partial charge in [-0.3, -0.25) is 9.89 Å². The Kier molecular flexibility index (Phi) is 3.47. The van der Waals surface area contributed by atoms with Crippen LogP contribution in [0.25, 0.3) is 5.69 Å². The number of carbonyl (C=O) groups excluding carboxylic acids is 1. The zero-order chi connectivity index (χ0) is 13.1. The second kappa shape index (κ2) is 5.05. The van der Waals surface area contributed by atoms with E-state index in [4.69, 9.17) is 16.3 Å². The highest BCUT2D eigenvalue weighted by Gasteiger charge is 2.14. The van der Waals surface area contributed by atoms with Crippen LogP contribution in [-0.2, 0) is 4.74 Å². The van der Waals surface area contributed by atoms with Gasteiger partial charge in [-0.1, -0.05) is 11.6 Å². The number of ether oxygens (including phenoxy) is 1. The molecule has 0 aliphatic heterocycles. The van der Waals surface area contributed by atoms with E-state index in [0.717, 1.165) is 10.7 Å². The molecule has 2 aromatic heterocycles. The molecule has 0 bridgehead atoms. The fraction of sp³-hybridized carbons (Fsp3) is 0.182. The summed E-state index contributed by atoms with van der Waals surface area (Å²) in [6.45, 7) is 1.92. The number of carbonyl (C=O) groups is 1. The number of esters is 1. The van der Waals surface area contributed by atoms with Gasteiger partial charge >= 0.3 is 5.97 Å². The number of hydrogen-bond acceptors (Lipinski definition) is 4. The number of pyridine rings is 1. The van der Waals surface area contributed by atoms with Gasteiger partial charge in [-0.25, -0.2) is 14.5 Å². The standard InChI is InChI=1S/C11H10ClN3O3/c1-2-18-11(17)7-6-9(16)15(14-7)8-4-3-5-13-10(8)12/h3-6,14H,2H2,1H3. The minimum Gasteiger partial charge on any atom is -0.461 e. The Bertz CT molecular complexity index is 632. The van der Waals surface area contributed by atoms with Gasteiger partial charge in [0.25, 0.3) is 5.56 Å². The maximum atomic E-state index is 11.7. The lowest BCUT2D eigenvalue weighted by molar-refractivity contribution is 0.0519. The van der Waals surface area contributed by atoms with Crippen molar-refractivity contribution in [2.45, 2.75) is 6.92 Å². The monoisotopic (exact) mass is 267 g/mol. The Morgan fingerprint density at radius 1 is 1.61 bits per heavy atom. The van der Waals surface area contributed by atoms with Crippen LogP contribution in [-0.4, -0.2) is 27.3 Å². The van der Waals surface area contributed by atoms with Gasteiger partial charge in [-0.15, -0.1) is 0 Å². The van der Waals surface area contributed by atoms with Gasteiger partial charge in [-0.05, 0) is 19.1 Å². The first kappa shape index (κ1) is 12.4. The summed E-state index contributed by atoms with van der Waals surface area (Å²) in [6, 6.07) is 4.40. The zero-order valence-electron chi connectivity index (χ0n) is 9.51. The van der Waals surface area contributed by atoms with Gasteiger partial charge in [0.05, 0.1) is 6.61 Å². The Morgan fingerprint density at radius 2 is 2.39 bits per heavy atom. The van der Waals surface area contributed by atoms with Gasteiger partial charge in [-0.2, -0.15) is 0 Å². The third-order valence-corrected chi connectivity index (χ3v) is 2.49. The number of hydrogen-bond donors (Lipinski definition) is 1.